The monoisotopic (exact) mass is 509 g/mol. The number of nitrogens with zero attached hydrogens (tertiary/aromatic N) is 4. The minimum Gasteiger partial charge on any atom is -0.309 e. The van der Waals surface area contributed by atoms with Crippen molar-refractivity contribution in [2.24, 2.45) is 21.0 Å². The number of hydrogen-bond acceptors (Lipinski definition) is 6. The maximum Gasteiger partial charge on any atom is 0.280 e. The van der Waals surface area contributed by atoms with Crippen LogP contribution in [0.4, 0.5) is 0 Å². The van der Waals surface area contributed by atoms with Crippen molar-refractivity contribution in [1.82, 2.24) is 10.3 Å². The third-order valence-corrected chi connectivity index (χ3v) is 6.88. The van der Waals surface area contributed by atoms with Gasteiger partial charge in [-0.3, -0.25) is 24.4 Å². The van der Waals surface area contributed by atoms with Crippen LogP contribution in [0.2, 0.25) is 0 Å². The molecule has 3 atom stereocenters. The van der Waals surface area contributed by atoms with Gasteiger partial charge >= 0.3 is 0 Å². The van der Waals surface area contributed by atoms with E-state index in [1.165, 1.54) is 5.01 Å². The van der Waals surface area contributed by atoms with E-state index in [9.17, 15) is 14.4 Å². The van der Waals surface area contributed by atoms with Crippen LogP contribution in [0.5, 0.6) is 0 Å². The van der Waals surface area contributed by atoms with Gasteiger partial charge in [-0.1, -0.05) is 38.1 Å². The third kappa shape index (κ3) is 8.72. The van der Waals surface area contributed by atoms with Crippen molar-refractivity contribution < 1.29 is 14.4 Å². The first-order valence-corrected chi connectivity index (χ1v) is 13.4. The summed E-state index contributed by atoms with van der Waals surface area (Å²) in [6.45, 7) is 15.4. The Balaban J connectivity index is 2.31. The van der Waals surface area contributed by atoms with Gasteiger partial charge < -0.3 is 5.32 Å². The lowest BCUT2D eigenvalue weighted by molar-refractivity contribution is -0.134. The van der Waals surface area contributed by atoms with E-state index in [1.807, 2.05) is 65.8 Å². The zero-order valence-electron chi connectivity index (χ0n) is 23.3. The molecule has 1 aliphatic rings. The highest BCUT2D eigenvalue weighted by Gasteiger charge is 2.36. The van der Waals surface area contributed by atoms with E-state index < -0.39 is 17.6 Å². The van der Waals surface area contributed by atoms with Crippen LogP contribution in [-0.4, -0.2) is 59.0 Å². The molecule has 0 saturated carbocycles. The van der Waals surface area contributed by atoms with Crippen molar-refractivity contribution in [3.63, 3.8) is 0 Å². The molecule has 0 aromatic heterocycles. The fraction of sp³-hybridized carbons (Fsp3) is 0.586. The minimum atomic E-state index is -0.621. The number of amides is 2. The molecule has 1 heterocycles. The van der Waals surface area contributed by atoms with Crippen molar-refractivity contribution in [3.8, 4) is 0 Å². The first kappa shape index (κ1) is 30.1. The summed E-state index contributed by atoms with van der Waals surface area (Å²) < 4.78 is 0. The Hall–Kier alpha value is -3.16. The second kappa shape index (κ2) is 14.5. The molecule has 0 spiro atoms. The average Bonchev–Trinajstić information content (AvgIpc) is 2.99. The van der Waals surface area contributed by atoms with Gasteiger partial charge in [0.1, 0.15) is 5.84 Å². The Morgan fingerprint density at radius 3 is 2.49 bits per heavy atom. The highest BCUT2D eigenvalue weighted by atomic mass is 16.2. The molecule has 1 aromatic rings. The van der Waals surface area contributed by atoms with Gasteiger partial charge in [-0.05, 0) is 77.6 Å². The van der Waals surface area contributed by atoms with Gasteiger partial charge in [-0.25, -0.2) is 5.01 Å². The van der Waals surface area contributed by atoms with Gasteiger partial charge in [-0.2, -0.15) is 5.10 Å². The Kier molecular flexibility index (Phi) is 11.8. The van der Waals surface area contributed by atoms with E-state index in [4.69, 9.17) is 0 Å². The summed E-state index contributed by atoms with van der Waals surface area (Å²) in [7, 11) is 0. The Labute approximate surface area is 221 Å². The summed E-state index contributed by atoms with van der Waals surface area (Å²) in [6.07, 6.45) is 3.97. The number of aryl methyl sites for hydroxylation is 2. The number of hydrazone groups is 1. The molecule has 1 aromatic carbocycles. The molecule has 37 heavy (non-hydrogen) atoms. The smallest absolute Gasteiger partial charge is 0.280 e. The van der Waals surface area contributed by atoms with Gasteiger partial charge in [0.15, 0.2) is 11.5 Å². The van der Waals surface area contributed by atoms with Crippen molar-refractivity contribution in [1.29, 1.82) is 0 Å². The highest BCUT2D eigenvalue weighted by Crippen LogP contribution is 2.22. The zero-order valence-corrected chi connectivity index (χ0v) is 23.3. The lowest BCUT2D eigenvalue weighted by Gasteiger charge is -2.20. The van der Waals surface area contributed by atoms with Gasteiger partial charge in [-0.15, -0.1) is 0 Å². The predicted octanol–water partition coefficient (Wildman–Crippen LogP) is 4.68. The van der Waals surface area contributed by atoms with E-state index >= 15 is 0 Å². The molecular weight excluding hydrogens is 466 g/mol. The van der Waals surface area contributed by atoms with E-state index in [0.29, 0.717) is 31.5 Å². The Bertz CT molecular complexity index is 1030. The highest BCUT2D eigenvalue weighted by molar-refractivity contribution is 6.67. The number of nitrogens with one attached hydrogen (secondary N) is 1. The molecule has 2 amide bonds. The van der Waals surface area contributed by atoms with Gasteiger partial charge in [0, 0.05) is 36.9 Å². The summed E-state index contributed by atoms with van der Waals surface area (Å²) in [5, 5.41) is 8.41. The number of rotatable bonds is 12. The van der Waals surface area contributed by atoms with Crippen LogP contribution in [0, 0.1) is 12.8 Å². The SMILES string of the molecule is C=NC(CC)CCC(=NC(C)CC)NC(=O)C1=NN(C(C)C)C(=O)CC(CCc2ccccc2C)C1=O. The number of benzene rings is 1. The van der Waals surface area contributed by atoms with Crippen LogP contribution < -0.4 is 5.32 Å². The van der Waals surface area contributed by atoms with E-state index in [0.717, 1.165) is 24.0 Å². The lowest BCUT2D eigenvalue weighted by Crippen LogP contribution is -2.42. The molecule has 0 bridgehead atoms. The zero-order chi connectivity index (χ0) is 27.5. The number of ketones is 1. The predicted molar refractivity (Wildman–Crippen MR) is 150 cm³/mol. The van der Waals surface area contributed by atoms with Crippen LogP contribution in [0.1, 0.15) is 84.3 Å². The number of carbonyl (C=O) groups excluding carboxylic acids is 3. The van der Waals surface area contributed by atoms with E-state index in [-0.39, 0.29) is 36.2 Å². The quantitative estimate of drug-likeness (QED) is 0.327. The van der Waals surface area contributed by atoms with Crippen LogP contribution in [0.25, 0.3) is 0 Å². The largest absolute Gasteiger partial charge is 0.309 e. The summed E-state index contributed by atoms with van der Waals surface area (Å²) in [5.74, 6) is -1.39. The number of carbonyl (C=O) groups is 3. The number of Topliss-reactive ketones (excluding diaryl/α,β-unsaturated/α-hetero) is 1. The molecule has 1 N–H and O–H groups in total. The van der Waals surface area contributed by atoms with Gasteiger partial charge in [0.05, 0.1) is 0 Å². The molecule has 202 valence electrons. The van der Waals surface area contributed by atoms with Crippen molar-refractivity contribution in [2.75, 3.05) is 0 Å². The van der Waals surface area contributed by atoms with Crippen LogP contribution in [-0.2, 0) is 20.8 Å². The first-order chi connectivity index (χ1) is 17.6. The number of hydrogen-bond donors (Lipinski definition) is 1. The van der Waals surface area contributed by atoms with Crippen LogP contribution >= 0.6 is 0 Å². The Morgan fingerprint density at radius 2 is 1.89 bits per heavy atom. The fourth-order valence-corrected chi connectivity index (χ4v) is 4.25. The molecule has 0 saturated heterocycles. The molecule has 8 heteroatoms. The van der Waals surface area contributed by atoms with Gasteiger partial charge in [0.25, 0.3) is 5.91 Å². The second-order valence-corrected chi connectivity index (χ2v) is 10.1. The van der Waals surface area contributed by atoms with Crippen molar-refractivity contribution >= 4 is 35.9 Å². The second-order valence-electron chi connectivity index (χ2n) is 10.1. The van der Waals surface area contributed by atoms with Crippen LogP contribution in [0.3, 0.4) is 0 Å². The molecule has 3 unspecified atom stereocenters. The Morgan fingerprint density at radius 1 is 1.19 bits per heavy atom. The number of aliphatic imine (C=N–C) groups is 2. The third-order valence-electron chi connectivity index (χ3n) is 6.88. The van der Waals surface area contributed by atoms with Crippen LogP contribution in [0.15, 0.2) is 39.4 Å². The first-order valence-electron chi connectivity index (χ1n) is 13.4. The standard InChI is InChI=1S/C29H43N5O3/c1-8-21(6)31-25(17-16-24(9-2)30-7)32-29(37)27-28(36)23(18-26(35)34(33-27)19(3)4)15-14-22-13-11-10-12-20(22)5/h10-13,19,21,23-24H,7-9,14-18H2,1-6H3,(H,31,32,37). The summed E-state index contributed by atoms with van der Waals surface area (Å²) in [6, 6.07) is 7.78. The summed E-state index contributed by atoms with van der Waals surface area (Å²) in [5.41, 5.74) is 2.02. The van der Waals surface area contributed by atoms with Gasteiger partial charge in [0.2, 0.25) is 5.91 Å². The molecule has 0 fully saturated rings. The lowest BCUT2D eigenvalue weighted by atomic mass is 9.89. The molecular formula is C29H43N5O3. The number of amidine groups is 1. The fourth-order valence-electron chi connectivity index (χ4n) is 4.25. The van der Waals surface area contributed by atoms with Crippen molar-refractivity contribution in [3.05, 3.63) is 35.4 Å². The van der Waals surface area contributed by atoms with E-state index in [1.54, 1.807) is 0 Å². The maximum atomic E-state index is 13.6. The van der Waals surface area contributed by atoms with Crippen molar-refractivity contribution in [2.45, 2.75) is 105 Å². The minimum absolute atomic E-state index is 0.00874. The topological polar surface area (TPSA) is 104 Å². The van der Waals surface area contributed by atoms with E-state index in [2.05, 4.69) is 27.1 Å². The molecule has 0 radical (unpaired) electrons. The molecule has 1 aliphatic heterocycles. The molecule has 0 aliphatic carbocycles. The normalized spacial score (nSPS) is 18.4. The molecule has 2 rings (SSSR count). The maximum absolute atomic E-state index is 13.6. The summed E-state index contributed by atoms with van der Waals surface area (Å²) >= 11 is 0. The summed E-state index contributed by atoms with van der Waals surface area (Å²) in [4.78, 5) is 48.9. The average molecular weight is 510 g/mol. The molecule has 8 nitrogen and oxygen atoms in total.